The molecule has 1 N–H and O–H groups in total. The Balaban J connectivity index is 1.64. The number of allylic oxidation sites excluding steroid dienone is 2. The third kappa shape index (κ3) is 3.37. The van der Waals surface area contributed by atoms with Gasteiger partial charge in [0.25, 0.3) is 0 Å². The number of rotatable bonds is 4. The van der Waals surface area contributed by atoms with Crippen molar-refractivity contribution >= 4 is 27.3 Å². The van der Waals surface area contributed by atoms with Crippen LogP contribution in [0.1, 0.15) is 37.5 Å². The fourth-order valence-corrected chi connectivity index (χ4v) is 6.05. The first-order chi connectivity index (χ1) is 17.4. The van der Waals surface area contributed by atoms with E-state index in [0.717, 1.165) is 27.1 Å². The van der Waals surface area contributed by atoms with Gasteiger partial charge >= 0.3 is 0 Å². The Morgan fingerprint density at radius 3 is 1.94 bits per heavy atom. The maximum atomic E-state index is 11.6. The number of carbonyl (C=O) groups excluding carboxylic acids is 1. The molecule has 5 aromatic carbocycles. The van der Waals surface area contributed by atoms with E-state index in [9.17, 15) is 9.90 Å². The molecule has 36 heavy (non-hydrogen) atoms. The molecule has 0 bridgehead atoms. The third-order valence-corrected chi connectivity index (χ3v) is 7.64. The van der Waals surface area contributed by atoms with Gasteiger partial charge in [0, 0.05) is 17.9 Å². The molecule has 2 heteroatoms. The number of hydrogen-bond acceptors (Lipinski definition) is 2. The molecular formula is C34H28O2. The van der Waals surface area contributed by atoms with E-state index in [1.807, 2.05) is 12.1 Å². The molecule has 1 aliphatic rings. The highest BCUT2D eigenvalue weighted by Crippen LogP contribution is 2.50. The lowest BCUT2D eigenvalue weighted by atomic mass is 9.80. The fourth-order valence-electron chi connectivity index (χ4n) is 6.05. The molecule has 0 fully saturated rings. The summed E-state index contributed by atoms with van der Waals surface area (Å²) in [5.74, 6) is -0.0675. The summed E-state index contributed by atoms with van der Waals surface area (Å²) in [5.41, 5.74) is 8.71. The van der Waals surface area contributed by atoms with Gasteiger partial charge < -0.3 is 5.11 Å². The summed E-state index contributed by atoms with van der Waals surface area (Å²) >= 11 is 0. The van der Waals surface area contributed by atoms with E-state index in [1.54, 1.807) is 0 Å². The summed E-state index contributed by atoms with van der Waals surface area (Å²) in [6.45, 7) is 6.08. The lowest BCUT2D eigenvalue weighted by Gasteiger charge is -2.23. The van der Waals surface area contributed by atoms with Gasteiger partial charge in [-0.05, 0) is 73.5 Å². The lowest BCUT2D eigenvalue weighted by Crippen LogP contribution is -2.14. The van der Waals surface area contributed by atoms with Gasteiger partial charge in [0.05, 0.1) is 0 Å². The summed E-state index contributed by atoms with van der Waals surface area (Å²) in [5, 5.41) is 15.1. The number of hydrogen-bond donors (Lipinski definition) is 1. The Labute approximate surface area is 211 Å². The van der Waals surface area contributed by atoms with Crippen molar-refractivity contribution in [2.75, 3.05) is 0 Å². The van der Waals surface area contributed by atoms with Gasteiger partial charge in [0.2, 0.25) is 0 Å². The second-order valence-electron chi connectivity index (χ2n) is 10.3. The number of benzene rings is 5. The van der Waals surface area contributed by atoms with Gasteiger partial charge in [-0.15, -0.1) is 0 Å². The van der Waals surface area contributed by atoms with E-state index in [0.29, 0.717) is 6.42 Å². The molecule has 0 aliphatic heterocycles. The summed E-state index contributed by atoms with van der Waals surface area (Å²) < 4.78 is 0. The first-order valence-corrected chi connectivity index (χ1v) is 12.4. The van der Waals surface area contributed by atoms with E-state index in [4.69, 9.17) is 0 Å². The predicted molar refractivity (Wildman–Crippen MR) is 150 cm³/mol. The maximum absolute atomic E-state index is 11.6. The van der Waals surface area contributed by atoms with Crippen LogP contribution >= 0.6 is 0 Å². The van der Waals surface area contributed by atoms with Gasteiger partial charge in [-0.3, -0.25) is 4.79 Å². The summed E-state index contributed by atoms with van der Waals surface area (Å²) in [6, 6.07) is 32.4. The van der Waals surface area contributed by atoms with Crippen LogP contribution < -0.4 is 0 Å². The van der Waals surface area contributed by atoms with Crippen LogP contribution in [0.2, 0.25) is 0 Å². The quantitative estimate of drug-likeness (QED) is 0.163. The van der Waals surface area contributed by atoms with Crippen LogP contribution in [0.4, 0.5) is 0 Å². The first kappa shape index (κ1) is 22.3. The largest absolute Gasteiger partial charge is 0.512 e. The molecule has 0 atom stereocenters. The van der Waals surface area contributed by atoms with Crippen LogP contribution in [0.5, 0.6) is 0 Å². The van der Waals surface area contributed by atoms with E-state index >= 15 is 0 Å². The summed E-state index contributed by atoms with van der Waals surface area (Å²) in [6.07, 6.45) is 1.63. The minimum atomic E-state index is -0.153. The monoisotopic (exact) mass is 468 g/mol. The van der Waals surface area contributed by atoms with Crippen molar-refractivity contribution in [1.82, 2.24) is 0 Å². The summed E-state index contributed by atoms with van der Waals surface area (Å²) in [4.78, 5) is 11.6. The smallest absolute Gasteiger partial charge is 0.155 e. The predicted octanol–water partition coefficient (Wildman–Crippen LogP) is 8.54. The lowest BCUT2D eigenvalue weighted by molar-refractivity contribution is -0.112. The first-order valence-electron chi connectivity index (χ1n) is 12.4. The normalized spacial score (nSPS) is 14.1. The zero-order valence-corrected chi connectivity index (χ0v) is 20.8. The zero-order valence-electron chi connectivity index (χ0n) is 20.8. The Bertz CT molecular complexity index is 1660. The Kier molecular flexibility index (Phi) is 5.08. The molecular weight excluding hydrogens is 440 g/mol. The van der Waals surface area contributed by atoms with Crippen LogP contribution in [0.3, 0.4) is 0 Å². The molecule has 0 amide bonds. The molecule has 6 rings (SSSR count). The van der Waals surface area contributed by atoms with Crippen LogP contribution in [-0.4, -0.2) is 10.9 Å². The number of ketones is 1. The molecule has 176 valence electrons. The molecule has 2 nitrogen and oxygen atoms in total. The number of aliphatic hydroxyl groups excluding tert-OH is 1. The Morgan fingerprint density at radius 1 is 0.750 bits per heavy atom. The van der Waals surface area contributed by atoms with Gasteiger partial charge in [0.1, 0.15) is 5.76 Å². The zero-order chi connectivity index (χ0) is 25.0. The molecule has 0 saturated carbocycles. The van der Waals surface area contributed by atoms with E-state index in [2.05, 4.69) is 92.7 Å². The third-order valence-electron chi connectivity index (χ3n) is 7.64. The van der Waals surface area contributed by atoms with Crippen LogP contribution in [0.15, 0.2) is 103 Å². The van der Waals surface area contributed by atoms with Gasteiger partial charge in [-0.2, -0.15) is 0 Å². The van der Waals surface area contributed by atoms with Crippen molar-refractivity contribution in [1.29, 1.82) is 0 Å². The van der Waals surface area contributed by atoms with Crippen LogP contribution in [0, 0.1) is 0 Å². The standard InChI is InChI=1S/C34H28O2/c1-21(35)18-23(36)20-30-24-10-4-6-13-28(24)33(29-14-7-5-11-25(29)30)22-16-17-27-26-12-8-9-15-31(26)34(2,3)32(27)19-22/h4-19,36H,20H2,1-3H3. The molecule has 0 unspecified atom stereocenters. The van der Waals surface area contributed by atoms with Crippen molar-refractivity contribution in [2.24, 2.45) is 0 Å². The Hall–Kier alpha value is -4.17. The molecule has 1 aliphatic carbocycles. The molecule has 0 spiro atoms. The fraction of sp³-hybridized carbons (Fsp3) is 0.147. The van der Waals surface area contributed by atoms with Gasteiger partial charge in [-0.1, -0.05) is 98.8 Å². The maximum Gasteiger partial charge on any atom is 0.155 e. The van der Waals surface area contributed by atoms with Gasteiger partial charge in [0.15, 0.2) is 5.78 Å². The number of aliphatic hydroxyl groups is 1. The minimum Gasteiger partial charge on any atom is -0.512 e. The highest BCUT2D eigenvalue weighted by Gasteiger charge is 2.35. The van der Waals surface area contributed by atoms with Crippen LogP contribution in [0.25, 0.3) is 43.8 Å². The second kappa shape index (κ2) is 8.20. The van der Waals surface area contributed by atoms with E-state index in [1.165, 1.54) is 46.4 Å². The average molecular weight is 469 g/mol. The summed E-state index contributed by atoms with van der Waals surface area (Å²) in [7, 11) is 0. The molecule has 0 aromatic heterocycles. The Morgan fingerprint density at radius 2 is 1.31 bits per heavy atom. The van der Waals surface area contributed by atoms with Gasteiger partial charge in [-0.25, -0.2) is 0 Å². The number of carbonyl (C=O) groups is 1. The van der Waals surface area contributed by atoms with Crippen molar-refractivity contribution < 1.29 is 9.90 Å². The van der Waals surface area contributed by atoms with Crippen molar-refractivity contribution in [3.8, 4) is 22.3 Å². The SMILES string of the molecule is CC(=O)C=C(O)Cc1c2ccccc2c(-c2ccc3c(c2)C(C)(C)c2ccccc2-3)c2ccccc12. The minimum absolute atomic E-state index is 0.0727. The molecule has 0 saturated heterocycles. The highest BCUT2D eigenvalue weighted by molar-refractivity contribution is 6.15. The van der Waals surface area contributed by atoms with Crippen molar-refractivity contribution in [3.05, 3.63) is 120 Å². The highest BCUT2D eigenvalue weighted by atomic mass is 16.3. The van der Waals surface area contributed by atoms with E-state index < -0.39 is 0 Å². The van der Waals surface area contributed by atoms with Crippen molar-refractivity contribution in [3.63, 3.8) is 0 Å². The van der Waals surface area contributed by atoms with E-state index in [-0.39, 0.29) is 17.0 Å². The molecule has 5 aromatic rings. The molecule has 0 heterocycles. The second-order valence-corrected chi connectivity index (χ2v) is 10.3. The van der Waals surface area contributed by atoms with Crippen molar-refractivity contribution in [2.45, 2.75) is 32.6 Å². The topological polar surface area (TPSA) is 37.3 Å². The molecule has 0 radical (unpaired) electrons. The number of fused-ring (bicyclic) bond motifs is 5. The average Bonchev–Trinajstić information content (AvgIpc) is 3.10. The van der Waals surface area contributed by atoms with Crippen LogP contribution in [-0.2, 0) is 16.6 Å².